The largest absolute Gasteiger partial charge is 0.394 e. The van der Waals surface area contributed by atoms with Crippen molar-refractivity contribution >= 4 is 23.1 Å². The first-order chi connectivity index (χ1) is 17.9. The van der Waals surface area contributed by atoms with E-state index in [4.69, 9.17) is 0 Å². The first kappa shape index (κ1) is 24.1. The molecular formula is C26H25FN8O2. The fourth-order valence-electron chi connectivity index (χ4n) is 4.06. The maximum Gasteiger partial charge on any atom is 0.246 e. The summed E-state index contributed by atoms with van der Waals surface area (Å²) in [5.74, 6) is -0.180. The normalized spacial score (nSPS) is 12.0. The van der Waals surface area contributed by atoms with Crippen molar-refractivity contribution in [3.8, 4) is 11.3 Å². The third kappa shape index (κ3) is 5.02. The summed E-state index contributed by atoms with van der Waals surface area (Å²) in [6.07, 6.45) is 10.3. The molecule has 1 amide bonds. The Hall–Kier alpha value is -4.64. The van der Waals surface area contributed by atoms with Gasteiger partial charge in [0.05, 0.1) is 36.4 Å². The van der Waals surface area contributed by atoms with Gasteiger partial charge in [-0.2, -0.15) is 5.10 Å². The molecule has 0 fully saturated rings. The Morgan fingerprint density at radius 3 is 2.78 bits per heavy atom. The van der Waals surface area contributed by atoms with Gasteiger partial charge in [-0.25, -0.2) is 14.4 Å². The van der Waals surface area contributed by atoms with E-state index in [0.29, 0.717) is 22.7 Å². The monoisotopic (exact) mass is 500 g/mol. The van der Waals surface area contributed by atoms with Crippen LogP contribution in [0.4, 0.5) is 15.9 Å². The number of aliphatic hydroxyl groups excluding tert-OH is 1. The van der Waals surface area contributed by atoms with Gasteiger partial charge >= 0.3 is 0 Å². The standard InChI is InChI=1S/C26H25FN8O2/c1-16-12-35-23(11-29-26(35)25(31-16)33-22(15-36)18-5-4-8-28-9-18)19-10-30-34(13-19)14-24(37)32-21-7-3-6-20(27)17(21)2/h3-13,22,36H,14-15H2,1-2H3,(H,31,33)(H,32,37). The number of anilines is 2. The number of hydrogen-bond donors (Lipinski definition) is 3. The molecule has 0 radical (unpaired) electrons. The lowest BCUT2D eigenvalue weighted by atomic mass is 10.1. The van der Waals surface area contributed by atoms with Crippen LogP contribution in [0.2, 0.25) is 0 Å². The van der Waals surface area contributed by atoms with Gasteiger partial charge in [0.25, 0.3) is 0 Å². The number of nitrogens with one attached hydrogen (secondary N) is 2. The molecule has 0 saturated heterocycles. The second-order valence-corrected chi connectivity index (χ2v) is 8.62. The highest BCUT2D eigenvalue weighted by Crippen LogP contribution is 2.26. The van der Waals surface area contributed by atoms with Gasteiger partial charge < -0.3 is 15.7 Å². The molecule has 1 atom stereocenters. The minimum Gasteiger partial charge on any atom is -0.394 e. The van der Waals surface area contributed by atoms with Crippen molar-refractivity contribution < 1.29 is 14.3 Å². The van der Waals surface area contributed by atoms with E-state index in [1.54, 1.807) is 50.0 Å². The highest BCUT2D eigenvalue weighted by atomic mass is 19.1. The van der Waals surface area contributed by atoms with E-state index in [-0.39, 0.29) is 24.9 Å². The molecule has 0 aliphatic carbocycles. The zero-order valence-corrected chi connectivity index (χ0v) is 20.3. The lowest BCUT2D eigenvalue weighted by molar-refractivity contribution is -0.116. The molecule has 37 heavy (non-hydrogen) atoms. The van der Waals surface area contributed by atoms with Gasteiger partial charge in [0.15, 0.2) is 11.5 Å². The molecule has 188 valence electrons. The number of nitrogens with zero attached hydrogens (tertiary/aromatic N) is 6. The first-order valence-electron chi connectivity index (χ1n) is 11.6. The van der Waals surface area contributed by atoms with E-state index in [1.807, 2.05) is 29.7 Å². The van der Waals surface area contributed by atoms with Gasteiger partial charge in [0.1, 0.15) is 12.4 Å². The second kappa shape index (κ2) is 10.2. The Morgan fingerprint density at radius 2 is 2.00 bits per heavy atom. The molecule has 5 aromatic rings. The van der Waals surface area contributed by atoms with E-state index < -0.39 is 6.04 Å². The van der Waals surface area contributed by atoms with Gasteiger partial charge in [0, 0.05) is 41.6 Å². The maximum atomic E-state index is 13.8. The molecule has 0 aliphatic rings. The number of amides is 1. The summed E-state index contributed by atoms with van der Waals surface area (Å²) in [5, 5.41) is 20.3. The Kier molecular flexibility index (Phi) is 6.60. The van der Waals surface area contributed by atoms with Crippen LogP contribution < -0.4 is 10.6 Å². The first-order valence-corrected chi connectivity index (χ1v) is 11.6. The molecule has 0 aliphatic heterocycles. The molecule has 10 nitrogen and oxygen atoms in total. The molecule has 0 saturated carbocycles. The number of pyridine rings is 1. The third-order valence-corrected chi connectivity index (χ3v) is 5.97. The van der Waals surface area contributed by atoms with Gasteiger partial charge in [-0.15, -0.1) is 0 Å². The highest BCUT2D eigenvalue weighted by molar-refractivity contribution is 5.91. The van der Waals surface area contributed by atoms with Crippen LogP contribution in [0.3, 0.4) is 0 Å². The van der Waals surface area contributed by atoms with Crippen LogP contribution in [0.25, 0.3) is 16.9 Å². The molecular weight excluding hydrogens is 475 g/mol. The molecule has 11 heteroatoms. The van der Waals surface area contributed by atoms with Gasteiger partial charge in [0.2, 0.25) is 5.91 Å². The van der Waals surface area contributed by atoms with Crippen LogP contribution in [0, 0.1) is 19.7 Å². The van der Waals surface area contributed by atoms with Gasteiger partial charge in [-0.05, 0) is 37.6 Å². The Bertz CT molecular complexity index is 1560. The Balaban J connectivity index is 1.38. The van der Waals surface area contributed by atoms with E-state index >= 15 is 0 Å². The van der Waals surface area contributed by atoms with Crippen molar-refractivity contribution in [2.45, 2.75) is 26.4 Å². The van der Waals surface area contributed by atoms with Crippen molar-refractivity contribution in [3.63, 3.8) is 0 Å². The topological polar surface area (TPSA) is 122 Å². The minimum atomic E-state index is -0.407. The van der Waals surface area contributed by atoms with Crippen LogP contribution in [0.5, 0.6) is 0 Å². The van der Waals surface area contributed by atoms with Crippen LogP contribution in [-0.4, -0.2) is 46.8 Å². The average molecular weight is 501 g/mol. The SMILES string of the molecule is Cc1cn2c(-c3cnn(CC(=O)Nc4cccc(F)c4C)c3)cnc2c(NC(CO)c2cccnc2)n1. The molecule has 3 N–H and O–H groups in total. The van der Waals surface area contributed by atoms with E-state index in [1.165, 1.54) is 10.7 Å². The number of halogens is 1. The Labute approximate surface area is 211 Å². The molecule has 0 bridgehead atoms. The molecule has 5 rings (SSSR count). The smallest absolute Gasteiger partial charge is 0.246 e. The average Bonchev–Trinajstić information content (AvgIpc) is 3.52. The van der Waals surface area contributed by atoms with Crippen molar-refractivity contribution in [1.82, 2.24) is 29.1 Å². The third-order valence-electron chi connectivity index (χ3n) is 5.97. The van der Waals surface area contributed by atoms with Crippen LogP contribution in [-0.2, 0) is 11.3 Å². The predicted octanol–water partition coefficient (Wildman–Crippen LogP) is 3.53. The van der Waals surface area contributed by atoms with Crippen molar-refractivity contribution in [1.29, 1.82) is 0 Å². The minimum absolute atomic E-state index is 0.0383. The van der Waals surface area contributed by atoms with Crippen LogP contribution >= 0.6 is 0 Å². The number of carbonyl (C=O) groups is 1. The molecule has 4 aromatic heterocycles. The number of hydrogen-bond acceptors (Lipinski definition) is 7. The maximum absolute atomic E-state index is 13.8. The number of imidazole rings is 1. The second-order valence-electron chi connectivity index (χ2n) is 8.62. The van der Waals surface area contributed by atoms with Crippen LogP contribution in [0.15, 0.2) is 67.5 Å². The summed E-state index contributed by atoms with van der Waals surface area (Å²) >= 11 is 0. The van der Waals surface area contributed by atoms with E-state index in [0.717, 1.165) is 22.5 Å². The van der Waals surface area contributed by atoms with E-state index in [9.17, 15) is 14.3 Å². The number of carbonyl (C=O) groups excluding carboxylic acids is 1. The zero-order valence-electron chi connectivity index (χ0n) is 20.3. The number of aryl methyl sites for hydroxylation is 1. The predicted molar refractivity (Wildman–Crippen MR) is 136 cm³/mol. The summed E-state index contributed by atoms with van der Waals surface area (Å²) in [6, 6.07) is 7.83. The van der Waals surface area contributed by atoms with E-state index in [2.05, 4.69) is 30.7 Å². The summed E-state index contributed by atoms with van der Waals surface area (Å²) in [6.45, 7) is 3.30. The molecule has 1 unspecified atom stereocenters. The molecule has 1 aromatic carbocycles. The number of aromatic nitrogens is 6. The number of aliphatic hydroxyl groups is 1. The van der Waals surface area contributed by atoms with Crippen molar-refractivity contribution in [2.24, 2.45) is 0 Å². The Morgan fingerprint density at radius 1 is 1.14 bits per heavy atom. The summed E-state index contributed by atoms with van der Waals surface area (Å²) in [5.41, 5.74) is 4.47. The molecule has 0 spiro atoms. The summed E-state index contributed by atoms with van der Waals surface area (Å²) < 4.78 is 17.2. The lowest BCUT2D eigenvalue weighted by Crippen LogP contribution is -2.19. The van der Waals surface area contributed by atoms with Gasteiger partial charge in [-0.3, -0.25) is 18.9 Å². The van der Waals surface area contributed by atoms with Crippen molar-refractivity contribution in [2.75, 3.05) is 17.2 Å². The fraction of sp³-hybridized carbons (Fsp3) is 0.192. The summed E-state index contributed by atoms with van der Waals surface area (Å²) in [7, 11) is 0. The quantitative estimate of drug-likeness (QED) is 0.298. The molecule has 4 heterocycles. The lowest BCUT2D eigenvalue weighted by Gasteiger charge is -2.18. The number of benzene rings is 1. The number of rotatable bonds is 8. The van der Waals surface area contributed by atoms with Crippen molar-refractivity contribution in [3.05, 3.63) is 90.2 Å². The fourth-order valence-corrected chi connectivity index (χ4v) is 4.06. The zero-order chi connectivity index (χ0) is 25.9. The highest BCUT2D eigenvalue weighted by Gasteiger charge is 2.18. The van der Waals surface area contributed by atoms with Crippen LogP contribution in [0.1, 0.15) is 22.9 Å². The summed E-state index contributed by atoms with van der Waals surface area (Å²) in [4.78, 5) is 25.8. The number of fused-ring (bicyclic) bond motifs is 1. The van der Waals surface area contributed by atoms with Gasteiger partial charge in [-0.1, -0.05) is 12.1 Å².